The summed E-state index contributed by atoms with van der Waals surface area (Å²) in [4.78, 5) is 42.3. The van der Waals surface area contributed by atoms with Crippen LogP contribution in [-0.4, -0.2) is 43.6 Å². The van der Waals surface area contributed by atoms with Crippen LogP contribution in [0.5, 0.6) is 0 Å². The van der Waals surface area contributed by atoms with Crippen molar-refractivity contribution < 1.29 is 32.7 Å². The van der Waals surface area contributed by atoms with Crippen molar-refractivity contribution in [1.29, 1.82) is 0 Å². The van der Waals surface area contributed by atoms with Crippen LogP contribution in [0.25, 0.3) is 16.6 Å². The number of benzene rings is 2. The number of aromatic nitrogens is 1. The average molecular weight is 598 g/mol. The Bertz CT molecular complexity index is 1470. The molecule has 0 saturated carbocycles. The third-order valence-corrected chi connectivity index (χ3v) is 7.86. The summed E-state index contributed by atoms with van der Waals surface area (Å²) in [5.74, 6) is -1.89. The third kappa shape index (κ3) is 6.41. The maximum Gasteiger partial charge on any atom is 0.416 e. The standard InChI is InChI=1S/C24H15ClF3N3O4S3/c25-17-6-3-13(24(26,27)28)9-16(17)20-29-11-15(37-20)10-18-21(33)31(23(36)38-18)8-7-19(32)30-14-4-1-12(2-5-14)22(34)35/h1-6,9-11H,7-8H2,(H,30,32)(H,34,35). The highest BCUT2D eigenvalue weighted by Crippen LogP contribution is 2.39. The number of anilines is 1. The lowest BCUT2D eigenvalue weighted by atomic mass is 10.1. The number of aromatic carboxylic acids is 1. The van der Waals surface area contributed by atoms with E-state index in [9.17, 15) is 27.6 Å². The molecule has 38 heavy (non-hydrogen) atoms. The minimum absolute atomic E-state index is 0.0227. The van der Waals surface area contributed by atoms with Gasteiger partial charge in [-0.25, -0.2) is 9.78 Å². The minimum Gasteiger partial charge on any atom is -0.478 e. The molecule has 7 nitrogen and oxygen atoms in total. The number of hydrogen-bond donors (Lipinski definition) is 2. The summed E-state index contributed by atoms with van der Waals surface area (Å²) in [7, 11) is 0. The zero-order valence-corrected chi connectivity index (χ0v) is 22.1. The SMILES string of the molecule is O=C(CCN1C(=O)C(=Cc2cnc(-c3cc(C(F)(F)F)ccc3Cl)s2)SC1=S)Nc1ccc(C(=O)O)cc1. The topological polar surface area (TPSA) is 99.6 Å². The van der Waals surface area contributed by atoms with Gasteiger partial charge in [0.1, 0.15) is 9.33 Å². The lowest BCUT2D eigenvalue weighted by molar-refractivity contribution is -0.137. The first kappa shape index (κ1) is 27.8. The molecule has 0 radical (unpaired) electrons. The Morgan fingerprint density at radius 1 is 1.18 bits per heavy atom. The Balaban J connectivity index is 1.41. The van der Waals surface area contributed by atoms with Gasteiger partial charge in [-0.1, -0.05) is 35.6 Å². The van der Waals surface area contributed by atoms with E-state index in [-0.39, 0.29) is 43.3 Å². The molecule has 14 heteroatoms. The second-order valence-electron chi connectivity index (χ2n) is 7.77. The van der Waals surface area contributed by atoms with Gasteiger partial charge in [-0.15, -0.1) is 11.3 Å². The molecule has 1 aromatic heterocycles. The molecule has 1 aliphatic rings. The van der Waals surface area contributed by atoms with Gasteiger partial charge in [-0.2, -0.15) is 13.2 Å². The number of rotatable bonds is 7. The van der Waals surface area contributed by atoms with Gasteiger partial charge >= 0.3 is 12.1 Å². The molecule has 4 rings (SSSR count). The number of nitrogens with zero attached hydrogens (tertiary/aromatic N) is 2. The molecule has 0 spiro atoms. The van der Waals surface area contributed by atoms with Gasteiger partial charge in [-0.05, 0) is 48.5 Å². The molecule has 0 atom stereocenters. The van der Waals surface area contributed by atoms with Crippen molar-refractivity contribution in [2.75, 3.05) is 11.9 Å². The Labute approximate surface area is 232 Å². The van der Waals surface area contributed by atoms with Crippen molar-refractivity contribution in [1.82, 2.24) is 9.88 Å². The zero-order chi connectivity index (χ0) is 27.6. The van der Waals surface area contributed by atoms with E-state index in [1.807, 2.05) is 0 Å². The molecule has 2 amide bonds. The van der Waals surface area contributed by atoms with Gasteiger partial charge in [0.15, 0.2) is 0 Å². The molecule has 3 aromatic rings. The van der Waals surface area contributed by atoms with Gasteiger partial charge < -0.3 is 10.4 Å². The molecule has 1 saturated heterocycles. The second kappa shape index (κ2) is 11.2. The van der Waals surface area contributed by atoms with Crippen molar-refractivity contribution in [2.24, 2.45) is 0 Å². The first-order valence-electron chi connectivity index (χ1n) is 10.6. The molecular formula is C24H15ClF3N3O4S3. The maximum absolute atomic E-state index is 13.1. The Kier molecular flexibility index (Phi) is 8.21. The van der Waals surface area contributed by atoms with Crippen molar-refractivity contribution in [3.8, 4) is 10.6 Å². The highest BCUT2D eigenvalue weighted by Gasteiger charge is 2.33. The Morgan fingerprint density at radius 2 is 1.89 bits per heavy atom. The smallest absolute Gasteiger partial charge is 0.416 e. The van der Waals surface area contributed by atoms with Crippen LogP contribution in [0.15, 0.2) is 53.6 Å². The van der Waals surface area contributed by atoms with Crippen LogP contribution < -0.4 is 5.32 Å². The van der Waals surface area contributed by atoms with Gasteiger partial charge in [0.25, 0.3) is 5.91 Å². The number of thioether (sulfide) groups is 1. The van der Waals surface area contributed by atoms with Crippen molar-refractivity contribution >= 4 is 80.8 Å². The number of thiazole rings is 1. The lowest BCUT2D eigenvalue weighted by Gasteiger charge is -2.14. The predicted octanol–water partition coefficient (Wildman–Crippen LogP) is 6.41. The number of thiocarbonyl (C=S) groups is 1. The summed E-state index contributed by atoms with van der Waals surface area (Å²) >= 11 is 13.5. The molecule has 1 aliphatic heterocycles. The van der Waals surface area contributed by atoms with Gasteiger partial charge in [0.05, 0.1) is 21.1 Å². The molecule has 1 fully saturated rings. The second-order valence-corrected chi connectivity index (χ2v) is 10.9. The number of hydrogen-bond acceptors (Lipinski definition) is 7. The summed E-state index contributed by atoms with van der Waals surface area (Å²) < 4.78 is 39.6. The number of alkyl halides is 3. The zero-order valence-electron chi connectivity index (χ0n) is 18.9. The molecule has 196 valence electrons. The molecule has 0 bridgehead atoms. The largest absolute Gasteiger partial charge is 0.478 e. The van der Waals surface area contributed by atoms with Crippen LogP contribution in [-0.2, 0) is 15.8 Å². The lowest BCUT2D eigenvalue weighted by Crippen LogP contribution is -2.31. The van der Waals surface area contributed by atoms with Crippen molar-refractivity contribution in [2.45, 2.75) is 12.6 Å². The monoisotopic (exact) mass is 597 g/mol. The van der Waals surface area contributed by atoms with E-state index in [1.165, 1.54) is 41.4 Å². The molecule has 2 aromatic carbocycles. The van der Waals surface area contributed by atoms with E-state index in [0.717, 1.165) is 41.3 Å². The number of carboxylic acids is 1. The number of amides is 2. The Hall–Kier alpha value is -3.26. The van der Waals surface area contributed by atoms with Crippen LogP contribution in [0.2, 0.25) is 5.02 Å². The Morgan fingerprint density at radius 3 is 2.55 bits per heavy atom. The molecule has 0 aliphatic carbocycles. The highest BCUT2D eigenvalue weighted by atomic mass is 35.5. The summed E-state index contributed by atoms with van der Waals surface area (Å²) in [5, 5.41) is 11.9. The fourth-order valence-corrected chi connectivity index (χ4v) is 5.83. The number of nitrogens with one attached hydrogen (secondary N) is 1. The van der Waals surface area contributed by atoms with E-state index in [1.54, 1.807) is 0 Å². The minimum atomic E-state index is -4.53. The van der Waals surface area contributed by atoms with Crippen LogP contribution in [0.4, 0.5) is 18.9 Å². The van der Waals surface area contributed by atoms with Crippen LogP contribution in [0.3, 0.4) is 0 Å². The molecular weight excluding hydrogens is 583 g/mol. The molecule has 0 unspecified atom stereocenters. The fraction of sp³-hybridized carbons (Fsp3) is 0.125. The van der Waals surface area contributed by atoms with Crippen molar-refractivity contribution in [3.63, 3.8) is 0 Å². The van der Waals surface area contributed by atoms with Gasteiger partial charge in [-0.3, -0.25) is 14.5 Å². The number of carbonyl (C=O) groups excluding carboxylic acids is 2. The summed E-state index contributed by atoms with van der Waals surface area (Å²) in [6.45, 7) is 0.0227. The highest BCUT2D eigenvalue weighted by molar-refractivity contribution is 8.26. The van der Waals surface area contributed by atoms with Gasteiger partial charge in [0, 0.05) is 35.3 Å². The molecule has 2 heterocycles. The normalized spacial score (nSPS) is 14.8. The van der Waals surface area contributed by atoms with E-state index in [0.29, 0.717) is 10.6 Å². The predicted molar refractivity (Wildman–Crippen MR) is 144 cm³/mol. The number of carboxylic acid groups (broad SMARTS) is 1. The van der Waals surface area contributed by atoms with E-state index in [2.05, 4.69) is 10.3 Å². The quantitative estimate of drug-likeness (QED) is 0.240. The number of halogens is 4. The van der Waals surface area contributed by atoms with Crippen LogP contribution >= 0.6 is 46.9 Å². The van der Waals surface area contributed by atoms with Gasteiger partial charge in [0.2, 0.25) is 5.91 Å². The van der Waals surface area contributed by atoms with Crippen molar-refractivity contribution in [3.05, 3.63) is 74.6 Å². The average Bonchev–Trinajstić information content (AvgIpc) is 3.41. The summed E-state index contributed by atoms with van der Waals surface area (Å²) in [6, 6.07) is 8.61. The summed E-state index contributed by atoms with van der Waals surface area (Å²) in [5.41, 5.74) is -0.233. The number of carbonyl (C=O) groups is 3. The summed E-state index contributed by atoms with van der Waals surface area (Å²) in [6.07, 6.45) is -1.63. The maximum atomic E-state index is 13.1. The van der Waals surface area contributed by atoms with E-state index >= 15 is 0 Å². The first-order valence-corrected chi connectivity index (χ1v) is 13.1. The van der Waals surface area contributed by atoms with Crippen LogP contribution in [0.1, 0.15) is 27.2 Å². The van der Waals surface area contributed by atoms with Crippen LogP contribution in [0, 0.1) is 0 Å². The third-order valence-electron chi connectivity index (χ3n) is 5.17. The first-order chi connectivity index (χ1) is 17.9. The van der Waals surface area contributed by atoms with E-state index < -0.39 is 29.5 Å². The molecule has 2 N–H and O–H groups in total. The fourth-order valence-electron chi connectivity index (χ4n) is 3.30. The van der Waals surface area contributed by atoms with E-state index in [4.69, 9.17) is 28.9 Å².